The third-order valence-electron chi connectivity index (χ3n) is 5.30. The van der Waals surface area contributed by atoms with Crippen molar-refractivity contribution in [3.63, 3.8) is 0 Å². The number of amides is 1. The molecule has 6 nitrogen and oxygen atoms in total. The van der Waals surface area contributed by atoms with Crippen molar-refractivity contribution < 1.29 is 9.53 Å². The number of fused-ring (bicyclic) bond motifs is 1. The number of nitrogens with one attached hydrogen (secondary N) is 1. The van der Waals surface area contributed by atoms with E-state index in [0.29, 0.717) is 42.7 Å². The van der Waals surface area contributed by atoms with Crippen LogP contribution in [0.15, 0.2) is 48.5 Å². The number of methoxy groups -OCH3 is 1. The van der Waals surface area contributed by atoms with Crippen LogP contribution in [0.1, 0.15) is 37.5 Å². The van der Waals surface area contributed by atoms with Gasteiger partial charge in [0, 0.05) is 23.5 Å². The predicted octanol–water partition coefficient (Wildman–Crippen LogP) is 4.31. The first kappa shape index (κ1) is 20.5. The highest BCUT2D eigenvalue weighted by Crippen LogP contribution is 2.37. The molecule has 2 heterocycles. The number of rotatable bonds is 5. The van der Waals surface area contributed by atoms with Crippen LogP contribution < -0.4 is 10.1 Å². The molecular formula is C24H20N4O2S. The topological polar surface area (TPSA) is 89.2 Å². The fourth-order valence-corrected chi connectivity index (χ4v) is 4.86. The Kier molecular flexibility index (Phi) is 5.88. The molecule has 31 heavy (non-hydrogen) atoms. The second-order valence-corrected chi connectivity index (χ2v) is 8.30. The minimum absolute atomic E-state index is 0.0621. The van der Waals surface area contributed by atoms with Crippen LogP contribution in [-0.4, -0.2) is 24.5 Å². The van der Waals surface area contributed by atoms with E-state index in [0.717, 1.165) is 26.8 Å². The Balaban J connectivity index is 1.50. The summed E-state index contributed by atoms with van der Waals surface area (Å²) >= 11 is 1.54. The van der Waals surface area contributed by atoms with Crippen LogP contribution in [0.3, 0.4) is 0 Å². The van der Waals surface area contributed by atoms with Gasteiger partial charge in [0.05, 0.1) is 30.9 Å². The van der Waals surface area contributed by atoms with Gasteiger partial charge in [-0.2, -0.15) is 10.5 Å². The fraction of sp³-hybridized carbons (Fsp3) is 0.208. The lowest BCUT2D eigenvalue weighted by molar-refractivity contribution is 0.0737. The summed E-state index contributed by atoms with van der Waals surface area (Å²) in [7, 11) is 1.64. The zero-order valence-electron chi connectivity index (χ0n) is 17.0. The molecule has 0 saturated heterocycles. The molecule has 1 aromatic heterocycles. The van der Waals surface area contributed by atoms with Crippen molar-refractivity contribution in [2.75, 3.05) is 19.0 Å². The van der Waals surface area contributed by atoms with Gasteiger partial charge in [-0.25, -0.2) is 0 Å². The van der Waals surface area contributed by atoms with Gasteiger partial charge in [0.1, 0.15) is 16.8 Å². The van der Waals surface area contributed by atoms with Gasteiger partial charge < -0.3 is 15.0 Å². The van der Waals surface area contributed by atoms with E-state index in [-0.39, 0.29) is 5.91 Å². The molecule has 1 amide bonds. The van der Waals surface area contributed by atoms with Crippen LogP contribution in [0, 0.1) is 22.7 Å². The van der Waals surface area contributed by atoms with Crippen molar-refractivity contribution >= 4 is 22.2 Å². The first-order valence-electron chi connectivity index (χ1n) is 9.83. The Morgan fingerprint density at radius 3 is 2.71 bits per heavy atom. The maximum Gasteiger partial charge on any atom is 0.254 e. The summed E-state index contributed by atoms with van der Waals surface area (Å²) in [6.45, 7) is 1.63. The normalized spacial score (nSPS) is 12.4. The number of carbonyl (C=O) groups excluding carboxylic acids is 1. The summed E-state index contributed by atoms with van der Waals surface area (Å²) in [5, 5.41) is 22.9. The molecule has 154 valence electrons. The van der Waals surface area contributed by atoms with E-state index in [1.54, 1.807) is 36.3 Å². The lowest BCUT2D eigenvalue weighted by Gasteiger charge is -2.27. The highest BCUT2D eigenvalue weighted by molar-refractivity contribution is 7.16. The number of anilines is 1. The Hall–Kier alpha value is -3.81. The number of hydrogen-bond acceptors (Lipinski definition) is 6. The number of benzene rings is 2. The van der Waals surface area contributed by atoms with Crippen molar-refractivity contribution in [2.45, 2.75) is 19.5 Å². The number of hydrogen-bond donors (Lipinski definition) is 1. The van der Waals surface area contributed by atoms with Gasteiger partial charge >= 0.3 is 0 Å². The van der Waals surface area contributed by atoms with Gasteiger partial charge in [-0.05, 0) is 53.9 Å². The van der Waals surface area contributed by atoms with Crippen LogP contribution in [0.2, 0.25) is 0 Å². The molecule has 1 aliphatic rings. The molecule has 0 atom stereocenters. The summed E-state index contributed by atoms with van der Waals surface area (Å²) < 4.78 is 5.27. The summed E-state index contributed by atoms with van der Waals surface area (Å²) in [4.78, 5) is 15.7. The van der Waals surface area contributed by atoms with Gasteiger partial charge in [0.2, 0.25) is 0 Å². The first-order valence-corrected chi connectivity index (χ1v) is 10.7. The zero-order valence-corrected chi connectivity index (χ0v) is 17.8. The number of nitrogens with zero attached hydrogens (tertiary/aromatic N) is 3. The Morgan fingerprint density at radius 1 is 1.19 bits per heavy atom. The number of nitriles is 2. The molecule has 7 heteroatoms. The molecular weight excluding hydrogens is 408 g/mol. The first-order chi connectivity index (χ1) is 15.1. The number of thiophene rings is 1. The third-order valence-corrected chi connectivity index (χ3v) is 6.48. The minimum Gasteiger partial charge on any atom is -0.497 e. The van der Waals surface area contributed by atoms with Gasteiger partial charge in [-0.3, -0.25) is 4.79 Å². The van der Waals surface area contributed by atoms with Gasteiger partial charge in [0.25, 0.3) is 5.91 Å². The molecule has 2 aromatic carbocycles. The average Bonchev–Trinajstić information content (AvgIpc) is 3.19. The minimum atomic E-state index is -0.0621. The van der Waals surface area contributed by atoms with Gasteiger partial charge in [-0.1, -0.05) is 12.1 Å². The van der Waals surface area contributed by atoms with E-state index < -0.39 is 0 Å². The van der Waals surface area contributed by atoms with Crippen LogP contribution in [0.25, 0.3) is 0 Å². The van der Waals surface area contributed by atoms with Crippen LogP contribution in [-0.2, 0) is 19.5 Å². The zero-order chi connectivity index (χ0) is 21.8. The molecule has 0 bridgehead atoms. The molecule has 1 N–H and O–H groups in total. The smallest absolute Gasteiger partial charge is 0.254 e. The quantitative estimate of drug-likeness (QED) is 0.654. The maximum atomic E-state index is 12.9. The number of carbonyl (C=O) groups is 1. The van der Waals surface area contributed by atoms with Gasteiger partial charge in [0.15, 0.2) is 0 Å². The highest BCUT2D eigenvalue weighted by Gasteiger charge is 2.27. The summed E-state index contributed by atoms with van der Waals surface area (Å²) in [5.74, 6) is 0.732. The van der Waals surface area contributed by atoms with E-state index in [1.165, 1.54) is 11.3 Å². The van der Waals surface area contributed by atoms with Crippen molar-refractivity contribution in [1.82, 2.24) is 4.90 Å². The molecule has 1 aliphatic heterocycles. The lowest BCUT2D eigenvalue weighted by Crippen LogP contribution is -2.35. The largest absolute Gasteiger partial charge is 0.497 e. The summed E-state index contributed by atoms with van der Waals surface area (Å²) in [6.07, 6.45) is 0.650. The molecule has 0 unspecified atom stereocenters. The Bertz CT molecular complexity index is 1200. The van der Waals surface area contributed by atoms with Gasteiger partial charge in [-0.15, -0.1) is 11.3 Å². The van der Waals surface area contributed by atoms with Crippen molar-refractivity contribution in [1.29, 1.82) is 10.5 Å². The molecule has 0 saturated carbocycles. The fourth-order valence-electron chi connectivity index (χ4n) is 3.65. The monoisotopic (exact) mass is 428 g/mol. The van der Waals surface area contributed by atoms with Crippen molar-refractivity contribution in [3.8, 4) is 17.9 Å². The summed E-state index contributed by atoms with van der Waals surface area (Å²) in [5.41, 5.74) is 3.86. The molecule has 3 aromatic rings. The predicted molar refractivity (Wildman–Crippen MR) is 119 cm³/mol. The number of ether oxygens (including phenoxy) is 1. The van der Waals surface area contributed by atoms with Crippen LogP contribution in [0.5, 0.6) is 5.75 Å². The standard InChI is InChI=1S/C24H20N4O2S/c1-30-19-4-2-3-17(11-19)14-27-23-21(13-26)20-9-10-28(15-22(20)31-23)24(29)18-7-5-16(12-25)6-8-18/h2-8,11,27H,9-10,14-15H2,1H3. The van der Waals surface area contributed by atoms with Crippen LogP contribution in [0.4, 0.5) is 5.00 Å². The molecule has 0 spiro atoms. The Morgan fingerprint density at radius 2 is 2.00 bits per heavy atom. The highest BCUT2D eigenvalue weighted by atomic mass is 32.1. The van der Waals surface area contributed by atoms with E-state index in [9.17, 15) is 10.1 Å². The molecule has 0 radical (unpaired) electrons. The van der Waals surface area contributed by atoms with E-state index >= 15 is 0 Å². The second kappa shape index (κ2) is 8.91. The molecule has 0 aliphatic carbocycles. The third kappa shape index (κ3) is 4.23. The van der Waals surface area contributed by atoms with E-state index in [1.807, 2.05) is 24.3 Å². The summed E-state index contributed by atoms with van der Waals surface area (Å²) in [6, 6.07) is 18.9. The molecule has 4 rings (SSSR count). The lowest BCUT2D eigenvalue weighted by atomic mass is 10.0. The molecule has 0 fully saturated rings. The van der Waals surface area contributed by atoms with Crippen molar-refractivity contribution in [2.24, 2.45) is 0 Å². The maximum absolute atomic E-state index is 12.9. The van der Waals surface area contributed by atoms with Crippen LogP contribution >= 0.6 is 11.3 Å². The van der Waals surface area contributed by atoms with E-state index in [2.05, 4.69) is 17.5 Å². The average molecular weight is 429 g/mol. The second-order valence-electron chi connectivity index (χ2n) is 7.19. The SMILES string of the molecule is COc1cccc(CNc2sc3c(c2C#N)CCN(C(=O)c2ccc(C#N)cc2)C3)c1. The Labute approximate surface area is 184 Å². The van der Waals surface area contributed by atoms with E-state index in [4.69, 9.17) is 10.00 Å². The van der Waals surface area contributed by atoms with Crippen molar-refractivity contribution in [3.05, 3.63) is 81.2 Å².